The van der Waals surface area contributed by atoms with Gasteiger partial charge in [-0.15, -0.1) is 0 Å². The van der Waals surface area contributed by atoms with E-state index < -0.39 is 0 Å². The van der Waals surface area contributed by atoms with Gasteiger partial charge in [0.25, 0.3) is 0 Å². The van der Waals surface area contributed by atoms with Crippen LogP contribution in [0.3, 0.4) is 0 Å². The Balaban J connectivity index is 3.49. The number of hydrogen-bond donors (Lipinski definition) is 1. The first-order valence-corrected chi connectivity index (χ1v) is 5.05. The normalized spacial score (nSPS) is 16.5. The lowest BCUT2D eigenvalue weighted by atomic mass is 10.1. The molecule has 2 unspecified atom stereocenters. The zero-order chi connectivity index (χ0) is 9.56. The Hall–Kier alpha value is -0.0800. The molecule has 74 valence electrons. The third kappa shape index (κ3) is 4.73. The molecule has 0 saturated carbocycles. The first-order chi connectivity index (χ1) is 5.59. The van der Waals surface area contributed by atoms with E-state index >= 15 is 0 Å². The summed E-state index contributed by atoms with van der Waals surface area (Å²) in [6, 6.07) is 0.776. The number of unbranched alkanes of at least 4 members (excludes halogenated alkanes) is 2. The van der Waals surface area contributed by atoms with Crippen LogP contribution in [0, 0.1) is 0 Å². The summed E-state index contributed by atoms with van der Waals surface area (Å²) in [6.45, 7) is 7.67. The molecule has 0 heterocycles. The minimum Gasteiger partial charge on any atom is -0.327 e. The molecule has 0 aromatic heterocycles. The maximum absolute atomic E-state index is 5.80. The minimum absolute atomic E-state index is 0.275. The van der Waals surface area contributed by atoms with Gasteiger partial charge in [-0.3, -0.25) is 0 Å². The van der Waals surface area contributed by atoms with Gasteiger partial charge in [0, 0.05) is 12.1 Å². The summed E-state index contributed by atoms with van der Waals surface area (Å²) in [7, 11) is 2.16. The van der Waals surface area contributed by atoms with Crippen LogP contribution in [-0.4, -0.2) is 30.6 Å². The van der Waals surface area contributed by atoms with Gasteiger partial charge in [0.05, 0.1) is 0 Å². The summed E-state index contributed by atoms with van der Waals surface area (Å²) < 4.78 is 0. The van der Waals surface area contributed by atoms with Crippen molar-refractivity contribution in [2.45, 2.75) is 52.1 Å². The predicted octanol–water partition coefficient (Wildman–Crippen LogP) is 1.84. The zero-order valence-electron chi connectivity index (χ0n) is 9.01. The third-order valence-corrected chi connectivity index (χ3v) is 2.57. The molecule has 0 radical (unpaired) electrons. The van der Waals surface area contributed by atoms with Gasteiger partial charge in [-0.1, -0.05) is 19.8 Å². The number of nitrogens with zero attached hydrogens (tertiary/aromatic N) is 1. The van der Waals surface area contributed by atoms with Gasteiger partial charge in [-0.2, -0.15) is 0 Å². The molecule has 0 fully saturated rings. The Morgan fingerprint density at radius 3 is 2.25 bits per heavy atom. The van der Waals surface area contributed by atoms with E-state index in [1.54, 1.807) is 0 Å². The van der Waals surface area contributed by atoms with E-state index in [0.29, 0.717) is 6.04 Å². The molecule has 0 saturated heterocycles. The molecule has 0 rings (SSSR count). The summed E-state index contributed by atoms with van der Waals surface area (Å²) in [5.74, 6) is 0. The van der Waals surface area contributed by atoms with Gasteiger partial charge in [0.15, 0.2) is 0 Å². The average molecular weight is 172 g/mol. The SMILES string of the molecule is CCCCCN(C)C(C)C(C)N. The van der Waals surface area contributed by atoms with Crippen molar-refractivity contribution in [1.29, 1.82) is 0 Å². The van der Waals surface area contributed by atoms with E-state index in [-0.39, 0.29) is 6.04 Å². The number of nitrogens with two attached hydrogens (primary N) is 1. The second-order valence-corrected chi connectivity index (χ2v) is 3.79. The summed E-state index contributed by atoms with van der Waals surface area (Å²) in [4.78, 5) is 2.35. The Kier molecular flexibility index (Phi) is 6.39. The summed E-state index contributed by atoms with van der Waals surface area (Å²) in [5.41, 5.74) is 5.80. The van der Waals surface area contributed by atoms with Crippen molar-refractivity contribution in [3.05, 3.63) is 0 Å². The highest BCUT2D eigenvalue weighted by Crippen LogP contribution is 2.02. The van der Waals surface area contributed by atoms with Crippen molar-refractivity contribution in [1.82, 2.24) is 4.90 Å². The van der Waals surface area contributed by atoms with Crippen molar-refractivity contribution in [2.75, 3.05) is 13.6 Å². The fraction of sp³-hybridized carbons (Fsp3) is 1.00. The van der Waals surface area contributed by atoms with Crippen LogP contribution in [0.1, 0.15) is 40.0 Å². The molecular formula is C10H24N2. The molecule has 2 N–H and O–H groups in total. The lowest BCUT2D eigenvalue weighted by Gasteiger charge is -2.27. The molecule has 0 aliphatic rings. The van der Waals surface area contributed by atoms with E-state index in [1.165, 1.54) is 25.8 Å². The first kappa shape index (κ1) is 11.9. The summed E-state index contributed by atoms with van der Waals surface area (Å²) in [6.07, 6.45) is 3.92. The van der Waals surface area contributed by atoms with Crippen LogP contribution in [0.2, 0.25) is 0 Å². The molecule has 0 aliphatic heterocycles. The van der Waals surface area contributed by atoms with Crippen LogP contribution in [0.4, 0.5) is 0 Å². The van der Waals surface area contributed by atoms with Crippen LogP contribution in [0.25, 0.3) is 0 Å². The molecule has 12 heavy (non-hydrogen) atoms. The lowest BCUT2D eigenvalue weighted by Crippen LogP contribution is -2.42. The fourth-order valence-electron chi connectivity index (χ4n) is 1.22. The summed E-state index contributed by atoms with van der Waals surface area (Å²) >= 11 is 0. The van der Waals surface area contributed by atoms with Crippen LogP contribution in [0.5, 0.6) is 0 Å². The average Bonchev–Trinajstić information content (AvgIpc) is 2.03. The largest absolute Gasteiger partial charge is 0.327 e. The molecule has 2 nitrogen and oxygen atoms in total. The second kappa shape index (κ2) is 6.44. The Bertz CT molecular complexity index is 102. The standard InChI is InChI=1S/C10H24N2/c1-5-6-7-8-12(4)10(3)9(2)11/h9-10H,5-8,11H2,1-4H3. The molecule has 2 heteroatoms. The first-order valence-electron chi connectivity index (χ1n) is 5.05. The van der Waals surface area contributed by atoms with Crippen molar-refractivity contribution < 1.29 is 0 Å². The second-order valence-electron chi connectivity index (χ2n) is 3.79. The molecule has 0 aromatic carbocycles. The molecule has 0 amide bonds. The Morgan fingerprint density at radius 1 is 1.25 bits per heavy atom. The van der Waals surface area contributed by atoms with Crippen LogP contribution in [0.15, 0.2) is 0 Å². The molecule has 0 aromatic rings. The number of likely N-dealkylation sites (N-methyl/N-ethyl adjacent to an activating group) is 1. The van der Waals surface area contributed by atoms with E-state index in [0.717, 1.165) is 0 Å². The van der Waals surface area contributed by atoms with E-state index in [2.05, 4.69) is 32.7 Å². The van der Waals surface area contributed by atoms with Crippen LogP contribution >= 0.6 is 0 Å². The highest BCUT2D eigenvalue weighted by Gasteiger charge is 2.11. The van der Waals surface area contributed by atoms with Gasteiger partial charge in [0.1, 0.15) is 0 Å². The molecule has 0 aliphatic carbocycles. The van der Waals surface area contributed by atoms with Gasteiger partial charge in [-0.05, 0) is 33.9 Å². The quantitative estimate of drug-likeness (QED) is 0.619. The fourth-order valence-corrected chi connectivity index (χ4v) is 1.22. The number of hydrogen-bond acceptors (Lipinski definition) is 2. The van der Waals surface area contributed by atoms with Crippen LogP contribution < -0.4 is 5.73 Å². The van der Waals surface area contributed by atoms with Crippen LogP contribution in [-0.2, 0) is 0 Å². The van der Waals surface area contributed by atoms with Crippen molar-refractivity contribution in [3.8, 4) is 0 Å². The Labute approximate surface area is 77.1 Å². The molecule has 0 spiro atoms. The highest BCUT2D eigenvalue weighted by molar-refractivity contribution is 4.71. The monoisotopic (exact) mass is 172 g/mol. The topological polar surface area (TPSA) is 29.3 Å². The maximum atomic E-state index is 5.80. The van der Waals surface area contributed by atoms with E-state index in [9.17, 15) is 0 Å². The van der Waals surface area contributed by atoms with Crippen molar-refractivity contribution in [2.24, 2.45) is 5.73 Å². The number of rotatable bonds is 6. The highest BCUT2D eigenvalue weighted by atomic mass is 15.1. The summed E-state index contributed by atoms with van der Waals surface area (Å²) in [5, 5.41) is 0. The lowest BCUT2D eigenvalue weighted by molar-refractivity contribution is 0.228. The smallest absolute Gasteiger partial charge is 0.0213 e. The predicted molar refractivity (Wildman–Crippen MR) is 55.3 cm³/mol. The van der Waals surface area contributed by atoms with Gasteiger partial charge in [0.2, 0.25) is 0 Å². The zero-order valence-corrected chi connectivity index (χ0v) is 9.01. The molecular weight excluding hydrogens is 148 g/mol. The molecule has 2 atom stereocenters. The van der Waals surface area contributed by atoms with E-state index in [1.807, 2.05) is 0 Å². The van der Waals surface area contributed by atoms with Gasteiger partial charge >= 0.3 is 0 Å². The van der Waals surface area contributed by atoms with E-state index in [4.69, 9.17) is 5.73 Å². The maximum Gasteiger partial charge on any atom is 0.0213 e. The third-order valence-electron chi connectivity index (χ3n) is 2.57. The van der Waals surface area contributed by atoms with Crippen molar-refractivity contribution in [3.63, 3.8) is 0 Å². The molecule has 0 bridgehead atoms. The Morgan fingerprint density at radius 2 is 1.83 bits per heavy atom. The van der Waals surface area contributed by atoms with Gasteiger partial charge < -0.3 is 10.6 Å². The van der Waals surface area contributed by atoms with Gasteiger partial charge in [-0.25, -0.2) is 0 Å². The minimum atomic E-state index is 0.275. The van der Waals surface area contributed by atoms with Crippen molar-refractivity contribution >= 4 is 0 Å².